The lowest BCUT2D eigenvalue weighted by atomic mass is 10.0. The molecule has 0 aliphatic heterocycles. The van der Waals surface area contributed by atoms with E-state index in [-0.39, 0.29) is 12.5 Å². The summed E-state index contributed by atoms with van der Waals surface area (Å²) in [7, 11) is 0. The molecule has 94 valence electrons. The predicted molar refractivity (Wildman–Crippen MR) is 66.7 cm³/mol. The minimum absolute atomic E-state index is 0.0687. The van der Waals surface area contributed by atoms with Crippen LogP contribution in [-0.2, 0) is 9.59 Å². The molecule has 2 N–H and O–H groups in total. The third kappa shape index (κ3) is 7.56. The SMILES string of the molecule is CCCSCC(=O)NCC(CCC)C(=O)O. The fourth-order valence-electron chi connectivity index (χ4n) is 1.26. The topological polar surface area (TPSA) is 66.4 Å². The maximum Gasteiger partial charge on any atom is 0.308 e. The Kier molecular flexibility index (Phi) is 9.09. The molecule has 0 aromatic carbocycles. The number of rotatable bonds is 9. The first-order chi connectivity index (χ1) is 7.61. The lowest BCUT2D eigenvalue weighted by Crippen LogP contribution is -2.33. The van der Waals surface area contributed by atoms with Gasteiger partial charge in [0.05, 0.1) is 11.7 Å². The molecular weight excluding hydrogens is 226 g/mol. The number of carboxylic acids is 1. The van der Waals surface area contributed by atoms with Crippen LogP contribution in [-0.4, -0.2) is 35.0 Å². The molecule has 1 atom stereocenters. The molecular formula is C11H21NO3S. The Bertz CT molecular complexity index is 221. The van der Waals surface area contributed by atoms with E-state index in [1.165, 1.54) is 0 Å². The monoisotopic (exact) mass is 247 g/mol. The fraction of sp³-hybridized carbons (Fsp3) is 0.818. The van der Waals surface area contributed by atoms with Crippen LogP contribution < -0.4 is 5.32 Å². The van der Waals surface area contributed by atoms with E-state index < -0.39 is 11.9 Å². The van der Waals surface area contributed by atoms with Crippen molar-refractivity contribution >= 4 is 23.6 Å². The maximum absolute atomic E-state index is 11.3. The van der Waals surface area contributed by atoms with Crippen molar-refractivity contribution in [2.75, 3.05) is 18.1 Å². The van der Waals surface area contributed by atoms with Crippen molar-refractivity contribution in [1.29, 1.82) is 0 Å². The van der Waals surface area contributed by atoms with Gasteiger partial charge in [0.25, 0.3) is 0 Å². The number of hydrogen-bond donors (Lipinski definition) is 2. The number of aliphatic carboxylic acids is 1. The third-order valence-electron chi connectivity index (χ3n) is 2.11. The molecule has 0 aromatic rings. The minimum atomic E-state index is -0.830. The average Bonchev–Trinajstić information content (AvgIpc) is 2.24. The highest BCUT2D eigenvalue weighted by Gasteiger charge is 2.16. The molecule has 0 radical (unpaired) electrons. The van der Waals surface area contributed by atoms with Crippen LogP contribution in [0.15, 0.2) is 0 Å². The molecule has 0 heterocycles. The number of thioether (sulfide) groups is 1. The summed E-state index contributed by atoms with van der Waals surface area (Å²) in [6.45, 7) is 4.25. The number of hydrogen-bond acceptors (Lipinski definition) is 3. The second-order valence-electron chi connectivity index (χ2n) is 3.68. The van der Waals surface area contributed by atoms with E-state index in [9.17, 15) is 9.59 Å². The molecule has 1 amide bonds. The molecule has 0 aliphatic carbocycles. The molecule has 0 aliphatic rings. The summed E-state index contributed by atoms with van der Waals surface area (Å²) in [6.07, 6.45) is 2.47. The Labute approximate surface area is 101 Å². The van der Waals surface area contributed by atoms with Crippen LogP contribution in [0.3, 0.4) is 0 Å². The molecule has 0 saturated carbocycles. The molecule has 0 aromatic heterocycles. The van der Waals surface area contributed by atoms with Crippen LogP contribution in [0, 0.1) is 5.92 Å². The first-order valence-electron chi connectivity index (χ1n) is 5.69. The number of nitrogens with one attached hydrogen (secondary N) is 1. The summed E-state index contributed by atoms with van der Waals surface area (Å²) in [6, 6.07) is 0. The van der Waals surface area contributed by atoms with Gasteiger partial charge >= 0.3 is 5.97 Å². The van der Waals surface area contributed by atoms with Crippen LogP contribution in [0.5, 0.6) is 0 Å². The molecule has 0 saturated heterocycles. The van der Waals surface area contributed by atoms with Gasteiger partial charge in [0.2, 0.25) is 5.91 Å². The molecule has 0 fully saturated rings. The van der Waals surface area contributed by atoms with Gasteiger partial charge < -0.3 is 10.4 Å². The van der Waals surface area contributed by atoms with E-state index in [0.717, 1.165) is 18.6 Å². The average molecular weight is 247 g/mol. The van der Waals surface area contributed by atoms with Crippen molar-refractivity contribution in [2.24, 2.45) is 5.92 Å². The molecule has 4 nitrogen and oxygen atoms in total. The molecule has 0 spiro atoms. The highest BCUT2D eigenvalue weighted by Crippen LogP contribution is 2.06. The van der Waals surface area contributed by atoms with Crippen LogP contribution >= 0.6 is 11.8 Å². The highest BCUT2D eigenvalue weighted by atomic mass is 32.2. The third-order valence-corrected chi connectivity index (χ3v) is 3.28. The van der Waals surface area contributed by atoms with E-state index in [2.05, 4.69) is 12.2 Å². The lowest BCUT2D eigenvalue weighted by molar-refractivity contribution is -0.141. The van der Waals surface area contributed by atoms with Gasteiger partial charge in [0, 0.05) is 6.54 Å². The quantitative estimate of drug-likeness (QED) is 0.609. The summed E-state index contributed by atoms with van der Waals surface area (Å²) in [5, 5.41) is 11.5. The van der Waals surface area contributed by atoms with Gasteiger partial charge in [0.1, 0.15) is 0 Å². The normalized spacial score (nSPS) is 12.1. The van der Waals surface area contributed by atoms with Gasteiger partial charge in [-0.1, -0.05) is 20.3 Å². The van der Waals surface area contributed by atoms with Crippen molar-refractivity contribution in [3.8, 4) is 0 Å². The van der Waals surface area contributed by atoms with Crippen molar-refractivity contribution in [2.45, 2.75) is 33.1 Å². The second kappa shape index (κ2) is 9.51. The summed E-state index contributed by atoms with van der Waals surface area (Å²) in [5.74, 6) is 0.0334. The predicted octanol–water partition coefficient (Wildman–Crippen LogP) is 1.75. The van der Waals surface area contributed by atoms with E-state index >= 15 is 0 Å². The first-order valence-corrected chi connectivity index (χ1v) is 6.84. The van der Waals surface area contributed by atoms with Crippen LogP contribution in [0.4, 0.5) is 0 Å². The number of amides is 1. The number of carbonyl (C=O) groups excluding carboxylic acids is 1. The Morgan fingerprint density at radius 1 is 1.31 bits per heavy atom. The Morgan fingerprint density at radius 3 is 2.50 bits per heavy atom. The lowest BCUT2D eigenvalue weighted by Gasteiger charge is -2.12. The standard InChI is InChI=1S/C11H21NO3S/c1-3-5-9(11(14)15)7-12-10(13)8-16-6-4-2/h9H,3-8H2,1-2H3,(H,12,13)(H,14,15). The maximum atomic E-state index is 11.3. The Hall–Kier alpha value is -0.710. The van der Waals surface area contributed by atoms with Crippen molar-refractivity contribution < 1.29 is 14.7 Å². The summed E-state index contributed by atoms with van der Waals surface area (Å²) >= 11 is 1.58. The fourth-order valence-corrected chi connectivity index (χ4v) is 1.98. The summed E-state index contributed by atoms with van der Waals surface area (Å²) in [5.41, 5.74) is 0. The van der Waals surface area contributed by atoms with Crippen LogP contribution in [0.2, 0.25) is 0 Å². The van der Waals surface area contributed by atoms with Crippen molar-refractivity contribution in [3.63, 3.8) is 0 Å². The van der Waals surface area contributed by atoms with Gasteiger partial charge in [-0.2, -0.15) is 11.8 Å². The van der Waals surface area contributed by atoms with Gasteiger partial charge in [-0.15, -0.1) is 0 Å². The smallest absolute Gasteiger partial charge is 0.308 e. The summed E-state index contributed by atoms with van der Waals surface area (Å²) < 4.78 is 0. The largest absolute Gasteiger partial charge is 0.481 e. The van der Waals surface area contributed by atoms with Gasteiger partial charge in [0.15, 0.2) is 0 Å². The van der Waals surface area contributed by atoms with Crippen LogP contribution in [0.25, 0.3) is 0 Å². The Morgan fingerprint density at radius 2 is 2.00 bits per heavy atom. The van der Waals surface area contributed by atoms with E-state index in [4.69, 9.17) is 5.11 Å². The van der Waals surface area contributed by atoms with Gasteiger partial charge in [-0.3, -0.25) is 9.59 Å². The highest BCUT2D eigenvalue weighted by molar-refractivity contribution is 7.99. The Balaban J connectivity index is 3.74. The van der Waals surface area contributed by atoms with Crippen molar-refractivity contribution in [3.05, 3.63) is 0 Å². The van der Waals surface area contributed by atoms with Gasteiger partial charge in [-0.05, 0) is 18.6 Å². The van der Waals surface area contributed by atoms with E-state index in [1.54, 1.807) is 11.8 Å². The zero-order valence-corrected chi connectivity index (χ0v) is 10.8. The molecule has 0 bridgehead atoms. The molecule has 1 unspecified atom stereocenters. The summed E-state index contributed by atoms with van der Waals surface area (Å²) in [4.78, 5) is 22.1. The van der Waals surface area contributed by atoms with Gasteiger partial charge in [-0.25, -0.2) is 0 Å². The van der Waals surface area contributed by atoms with E-state index in [0.29, 0.717) is 12.2 Å². The molecule has 5 heteroatoms. The second-order valence-corrected chi connectivity index (χ2v) is 4.79. The molecule has 16 heavy (non-hydrogen) atoms. The number of carboxylic acid groups (broad SMARTS) is 1. The zero-order chi connectivity index (χ0) is 12.4. The minimum Gasteiger partial charge on any atom is -0.481 e. The molecule has 0 rings (SSSR count). The van der Waals surface area contributed by atoms with Crippen LogP contribution in [0.1, 0.15) is 33.1 Å². The van der Waals surface area contributed by atoms with Crippen molar-refractivity contribution in [1.82, 2.24) is 5.32 Å². The van der Waals surface area contributed by atoms with E-state index in [1.807, 2.05) is 6.92 Å². The first kappa shape index (κ1) is 15.3. The zero-order valence-electron chi connectivity index (χ0n) is 9.99. The number of carbonyl (C=O) groups is 2.